The topological polar surface area (TPSA) is 77.8 Å². The number of carbonyl (C=O) groups excluding carboxylic acids is 1. The van der Waals surface area contributed by atoms with E-state index < -0.39 is 23.6 Å². The van der Waals surface area contributed by atoms with E-state index in [1.54, 1.807) is 0 Å². The number of aliphatic hydroxyl groups is 3. The third-order valence-corrected chi connectivity index (χ3v) is 2.98. The summed E-state index contributed by atoms with van der Waals surface area (Å²) < 4.78 is 0. The summed E-state index contributed by atoms with van der Waals surface area (Å²) >= 11 is 0. The standard InChI is InChI=1S/C8H12O4/c9-5-1-4-2-8(12,7(5)11)3-6(4)10/h4-6,9-10,12H,1-3H2/t4-,5-,6-,8-/m1/s1. The number of hydrogen-bond acceptors (Lipinski definition) is 4. The molecule has 0 aromatic carbocycles. The van der Waals surface area contributed by atoms with Gasteiger partial charge in [-0.05, 0) is 18.8 Å². The van der Waals surface area contributed by atoms with E-state index >= 15 is 0 Å². The number of aliphatic hydroxyl groups excluding tert-OH is 2. The zero-order valence-corrected chi connectivity index (χ0v) is 6.60. The lowest BCUT2D eigenvalue weighted by Gasteiger charge is -2.28. The van der Waals surface area contributed by atoms with Crippen molar-refractivity contribution < 1.29 is 20.1 Å². The minimum absolute atomic E-state index is 0.0908. The summed E-state index contributed by atoms with van der Waals surface area (Å²) in [6.45, 7) is 0. The van der Waals surface area contributed by atoms with E-state index in [9.17, 15) is 20.1 Å². The highest BCUT2D eigenvalue weighted by atomic mass is 16.3. The molecule has 4 nitrogen and oxygen atoms in total. The Morgan fingerprint density at radius 2 is 2.00 bits per heavy atom. The Balaban J connectivity index is 2.29. The van der Waals surface area contributed by atoms with Crippen molar-refractivity contribution in [2.75, 3.05) is 0 Å². The van der Waals surface area contributed by atoms with E-state index in [-0.39, 0.29) is 12.3 Å². The Bertz CT molecular complexity index is 223. The van der Waals surface area contributed by atoms with Crippen LogP contribution in [0.3, 0.4) is 0 Å². The average Bonchev–Trinajstić information content (AvgIpc) is 2.22. The van der Waals surface area contributed by atoms with Crippen LogP contribution in [0.4, 0.5) is 0 Å². The summed E-state index contributed by atoms with van der Waals surface area (Å²) in [4.78, 5) is 11.2. The van der Waals surface area contributed by atoms with Gasteiger partial charge in [-0.3, -0.25) is 4.79 Å². The number of rotatable bonds is 0. The molecule has 2 saturated carbocycles. The molecule has 0 saturated heterocycles. The van der Waals surface area contributed by atoms with Crippen molar-refractivity contribution >= 4 is 5.78 Å². The van der Waals surface area contributed by atoms with Gasteiger partial charge < -0.3 is 15.3 Å². The summed E-state index contributed by atoms with van der Waals surface area (Å²) in [6, 6.07) is 0. The first-order chi connectivity index (χ1) is 5.53. The lowest BCUT2D eigenvalue weighted by molar-refractivity contribution is -0.149. The van der Waals surface area contributed by atoms with Gasteiger partial charge in [0, 0.05) is 6.42 Å². The second kappa shape index (κ2) is 2.28. The molecular weight excluding hydrogens is 160 g/mol. The first-order valence-corrected chi connectivity index (χ1v) is 4.16. The summed E-state index contributed by atoms with van der Waals surface area (Å²) in [5.74, 6) is -0.627. The van der Waals surface area contributed by atoms with Crippen molar-refractivity contribution in [2.45, 2.75) is 37.1 Å². The maximum atomic E-state index is 11.2. The van der Waals surface area contributed by atoms with Crippen LogP contribution >= 0.6 is 0 Å². The number of fused-ring (bicyclic) bond motifs is 2. The average molecular weight is 172 g/mol. The predicted molar refractivity (Wildman–Crippen MR) is 39.3 cm³/mol. The monoisotopic (exact) mass is 172 g/mol. The van der Waals surface area contributed by atoms with E-state index in [2.05, 4.69) is 0 Å². The number of ketones is 1. The maximum Gasteiger partial charge on any atom is 0.192 e. The quantitative estimate of drug-likeness (QED) is 0.430. The second-order valence-corrected chi connectivity index (χ2v) is 3.88. The Morgan fingerprint density at radius 3 is 2.67 bits per heavy atom. The highest BCUT2D eigenvalue weighted by molar-refractivity contribution is 5.92. The van der Waals surface area contributed by atoms with Crippen LogP contribution in [0.25, 0.3) is 0 Å². The molecule has 0 radical (unpaired) electrons. The maximum absolute atomic E-state index is 11.2. The molecule has 3 N–H and O–H groups in total. The third kappa shape index (κ3) is 0.920. The van der Waals surface area contributed by atoms with Crippen LogP contribution in [0.2, 0.25) is 0 Å². The molecule has 0 unspecified atom stereocenters. The van der Waals surface area contributed by atoms with Gasteiger partial charge in [0.2, 0.25) is 0 Å². The molecule has 2 aliphatic rings. The predicted octanol–water partition coefficient (Wildman–Crippen LogP) is -1.18. The van der Waals surface area contributed by atoms with Gasteiger partial charge in [-0.15, -0.1) is 0 Å². The fraction of sp³-hybridized carbons (Fsp3) is 0.875. The Morgan fingerprint density at radius 1 is 1.33 bits per heavy atom. The molecule has 2 aliphatic carbocycles. The fourth-order valence-electron chi connectivity index (χ4n) is 2.31. The number of hydrogen-bond donors (Lipinski definition) is 3. The zero-order valence-electron chi connectivity index (χ0n) is 6.60. The van der Waals surface area contributed by atoms with Crippen LogP contribution in [-0.4, -0.2) is 38.9 Å². The van der Waals surface area contributed by atoms with Gasteiger partial charge in [-0.25, -0.2) is 0 Å². The summed E-state index contributed by atoms with van der Waals surface area (Å²) in [6.07, 6.45) is -1.01. The summed E-state index contributed by atoms with van der Waals surface area (Å²) in [5, 5.41) is 28.3. The molecule has 0 spiro atoms. The number of carbonyl (C=O) groups is 1. The minimum Gasteiger partial charge on any atom is -0.393 e. The molecule has 2 fully saturated rings. The summed E-state index contributed by atoms with van der Waals surface area (Å²) in [5.41, 5.74) is -1.44. The molecule has 4 heteroatoms. The SMILES string of the molecule is O=C1[C@H](O)C[C@@H]2C[C@@]1(O)C[C@H]2O. The molecule has 0 amide bonds. The third-order valence-electron chi connectivity index (χ3n) is 2.98. The van der Waals surface area contributed by atoms with Gasteiger partial charge in [0.1, 0.15) is 11.7 Å². The Kier molecular flexibility index (Phi) is 1.55. The Hall–Kier alpha value is -0.450. The molecule has 0 aromatic heterocycles. The minimum atomic E-state index is -1.44. The molecule has 2 bridgehead atoms. The van der Waals surface area contributed by atoms with E-state index in [0.717, 1.165) is 0 Å². The van der Waals surface area contributed by atoms with E-state index in [1.807, 2.05) is 0 Å². The van der Waals surface area contributed by atoms with Gasteiger partial charge in [0.15, 0.2) is 5.78 Å². The normalized spacial score (nSPS) is 52.9. The van der Waals surface area contributed by atoms with Crippen LogP contribution in [0.5, 0.6) is 0 Å². The van der Waals surface area contributed by atoms with E-state index in [4.69, 9.17) is 0 Å². The van der Waals surface area contributed by atoms with Crippen molar-refractivity contribution in [1.29, 1.82) is 0 Å². The van der Waals surface area contributed by atoms with Gasteiger partial charge >= 0.3 is 0 Å². The van der Waals surface area contributed by atoms with Gasteiger partial charge in [0.05, 0.1) is 6.10 Å². The van der Waals surface area contributed by atoms with E-state index in [0.29, 0.717) is 12.8 Å². The molecule has 2 rings (SSSR count). The Labute approximate surface area is 69.8 Å². The van der Waals surface area contributed by atoms with Crippen molar-refractivity contribution in [2.24, 2.45) is 5.92 Å². The largest absolute Gasteiger partial charge is 0.393 e. The molecule has 4 atom stereocenters. The first-order valence-electron chi connectivity index (χ1n) is 4.16. The van der Waals surface area contributed by atoms with Crippen LogP contribution in [0.15, 0.2) is 0 Å². The molecular formula is C8H12O4. The van der Waals surface area contributed by atoms with Gasteiger partial charge in [0.25, 0.3) is 0 Å². The molecule has 0 aliphatic heterocycles. The van der Waals surface area contributed by atoms with Crippen molar-refractivity contribution in [3.8, 4) is 0 Å². The van der Waals surface area contributed by atoms with Crippen molar-refractivity contribution in [3.05, 3.63) is 0 Å². The van der Waals surface area contributed by atoms with Crippen LogP contribution in [-0.2, 0) is 4.79 Å². The smallest absolute Gasteiger partial charge is 0.192 e. The highest BCUT2D eigenvalue weighted by Crippen LogP contribution is 2.43. The summed E-state index contributed by atoms with van der Waals surface area (Å²) in [7, 11) is 0. The van der Waals surface area contributed by atoms with Crippen LogP contribution < -0.4 is 0 Å². The molecule has 0 aromatic rings. The lowest BCUT2D eigenvalue weighted by atomic mass is 9.82. The van der Waals surface area contributed by atoms with Crippen molar-refractivity contribution in [1.82, 2.24) is 0 Å². The van der Waals surface area contributed by atoms with Crippen LogP contribution in [0, 0.1) is 5.92 Å². The van der Waals surface area contributed by atoms with Crippen molar-refractivity contribution in [3.63, 3.8) is 0 Å². The molecule has 68 valence electrons. The lowest BCUT2D eigenvalue weighted by Crippen LogP contribution is -2.46. The van der Waals surface area contributed by atoms with Gasteiger partial charge in [-0.1, -0.05) is 0 Å². The van der Waals surface area contributed by atoms with E-state index in [1.165, 1.54) is 0 Å². The zero-order chi connectivity index (χ0) is 8.93. The molecule has 0 heterocycles. The fourth-order valence-corrected chi connectivity index (χ4v) is 2.31. The number of Topliss-reactive ketones (excluding diaryl/α,β-unsaturated/α-hetero) is 1. The first kappa shape index (κ1) is 8.16. The van der Waals surface area contributed by atoms with Crippen LogP contribution in [0.1, 0.15) is 19.3 Å². The molecule has 12 heavy (non-hydrogen) atoms. The second-order valence-electron chi connectivity index (χ2n) is 3.88. The highest BCUT2D eigenvalue weighted by Gasteiger charge is 2.54. The van der Waals surface area contributed by atoms with Gasteiger partial charge in [-0.2, -0.15) is 0 Å².